The molecule has 20 heavy (non-hydrogen) atoms. The van der Waals surface area contributed by atoms with E-state index in [1.807, 2.05) is 0 Å². The van der Waals surface area contributed by atoms with Gasteiger partial charge >= 0.3 is 0 Å². The Balaban J connectivity index is 2.70. The number of pyridine rings is 1. The highest BCUT2D eigenvalue weighted by atomic mass is 35.5. The van der Waals surface area contributed by atoms with Gasteiger partial charge < -0.3 is 20.8 Å². The molecule has 1 aromatic heterocycles. The fourth-order valence-corrected chi connectivity index (χ4v) is 1.84. The van der Waals surface area contributed by atoms with Crippen LogP contribution < -0.4 is 21.9 Å². The molecule has 0 aliphatic carbocycles. The van der Waals surface area contributed by atoms with Gasteiger partial charge in [-0.15, -0.1) is 0 Å². The highest BCUT2D eigenvalue weighted by molar-refractivity contribution is 6.37. The van der Waals surface area contributed by atoms with E-state index in [4.69, 9.17) is 33.8 Å². The van der Waals surface area contributed by atoms with E-state index in [1.54, 1.807) is 14.0 Å². The molecule has 1 heterocycles. The van der Waals surface area contributed by atoms with Crippen molar-refractivity contribution in [3.8, 4) is 0 Å². The number of hydrogen-bond acceptors (Lipinski definition) is 6. The van der Waals surface area contributed by atoms with Crippen molar-refractivity contribution in [1.82, 2.24) is 10.3 Å². The first-order valence-corrected chi connectivity index (χ1v) is 6.61. The summed E-state index contributed by atoms with van der Waals surface area (Å²) < 4.78 is 4.85. The lowest BCUT2D eigenvalue weighted by molar-refractivity contribution is -0.121. The molecule has 0 saturated heterocycles. The number of hydrogen-bond donors (Lipinski definition) is 4. The van der Waals surface area contributed by atoms with Gasteiger partial charge in [0.05, 0.1) is 16.7 Å². The van der Waals surface area contributed by atoms with Crippen LogP contribution in [0, 0.1) is 0 Å². The summed E-state index contributed by atoms with van der Waals surface area (Å²) in [6.45, 7) is 2.56. The largest absolute Gasteiger partial charge is 0.383 e. The summed E-state index contributed by atoms with van der Waals surface area (Å²) in [4.78, 5) is 15.9. The van der Waals surface area contributed by atoms with Gasteiger partial charge in [-0.25, -0.2) is 10.8 Å². The van der Waals surface area contributed by atoms with Crippen LogP contribution in [-0.2, 0) is 9.53 Å². The Morgan fingerprint density at radius 1 is 1.45 bits per heavy atom. The zero-order valence-corrected chi connectivity index (χ0v) is 12.7. The summed E-state index contributed by atoms with van der Waals surface area (Å²) >= 11 is 11.9. The molecule has 0 aromatic carbocycles. The number of nitrogens with one attached hydrogen (secondary N) is 3. The number of rotatable bonds is 7. The van der Waals surface area contributed by atoms with Crippen LogP contribution in [0.3, 0.4) is 0 Å². The van der Waals surface area contributed by atoms with Crippen molar-refractivity contribution in [3.63, 3.8) is 0 Å². The van der Waals surface area contributed by atoms with Gasteiger partial charge in [0.1, 0.15) is 11.9 Å². The second-order valence-electron chi connectivity index (χ2n) is 3.94. The minimum absolute atomic E-state index is 0.197. The van der Waals surface area contributed by atoms with Crippen LogP contribution in [-0.4, -0.2) is 37.2 Å². The molecule has 1 aromatic rings. The molecule has 0 aliphatic rings. The van der Waals surface area contributed by atoms with Gasteiger partial charge in [0.2, 0.25) is 5.91 Å². The lowest BCUT2D eigenvalue weighted by Crippen LogP contribution is -2.39. The quantitative estimate of drug-likeness (QED) is 0.342. The Morgan fingerprint density at radius 3 is 2.70 bits per heavy atom. The highest BCUT2D eigenvalue weighted by Crippen LogP contribution is 2.28. The SMILES string of the molecule is COCCNC(=O)C(C)Nc1nc(NN)c(Cl)cc1Cl. The van der Waals surface area contributed by atoms with Gasteiger partial charge in [-0.1, -0.05) is 23.2 Å². The molecule has 1 atom stereocenters. The monoisotopic (exact) mass is 321 g/mol. The lowest BCUT2D eigenvalue weighted by Gasteiger charge is -2.16. The van der Waals surface area contributed by atoms with Crippen molar-refractivity contribution >= 4 is 40.7 Å². The van der Waals surface area contributed by atoms with Gasteiger partial charge in [-0.05, 0) is 13.0 Å². The smallest absolute Gasteiger partial charge is 0.242 e. The van der Waals surface area contributed by atoms with Crippen LogP contribution in [0.5, 0.6) is 0 Å². The molecular formula is C11H17Cl2N5O2. The number of aromatic nitrogens is 1. The minimum atomic E-state index is -0.524. The maximum absolute atomic E-state index is 11.8. The second kappa shape index (κ2) is 8.11. The van der Waals surface area contributed by atoms with Crippen molar-refractivity contribution in [2.45, 2.75) is 13.0 Å². The molecule has 1 rings (SSSR count). The van der Waals surface area contributed by atoms with Crippen molar-refractivity contribution in [1.29, 1.82) is 0 Å². The number of halogens is 2. The molecule has 0 spiro atoms. The van der Waals surface area contributed by atoms with Crippen LogP contribution in [0.1, 0.15) is 6.92 Å². The molecule has 1 amide bonds. The summed E-state index contributed by atoms with van der Waals surface area (Å²) in [5, 5.41) is 6.18. The molecular weight excluding hydrogens is 305 g/mol. The van der Waals surface area contributed by atoms with Crippen molar-refractivity contribution in [3.05, 3.63) is 16.1 Å². The summed E-state index contributed by atoms with van der Waals surface area (Å²) in [6.07, 6.45) is 0. The van der Waals surface area contributed by atoms with Gasteiger partial charge in [0.15, 0.2) is 5.82 Å². The van der Waals surface area contributed by atoms with E-state index >= 15 is 0 Å². The summed E-state index contributed by atoms with van der Waals surface area (Å²) in [5.41, 5.74) is 2.35. The van der Waals surface area contributed by atoms with Gasteiger partial charge in [0.25, 0.3) is 0 Å². The highest BCUT2D eigenvalue weighted by Gasteiger charge is 2.16. The number of methoxy groups -OCH3 is 1. The Labute approximate surface area is 127 Å². The van der Waals surface area contributed by atoms with E-state index < -0.39 is 6.04 Å². The molecule has 5 N–H and O–H groups in total. The molecule has 0 bridgehead atoms. The first-order chi connectivity index (χ1) is 9.49. The minimum Gasteiger partial charge on any atom is -0.383 e. The molecule has 9 heteroatoms. The number of anilines is 2. The number of ether oxygens (including phenoxy) is 1. The number of amides is 1. The fraction of sp³-hybridized carbons (Fsp3) is 0.455. The number of nitrogens with two attached hydrogens (primary N) is 1. The Hall–Kier alpha value is -1.28. The Kier molecular flexibility index (Phi) is 6.80. The van der Waals surface area contributed by atoms with Gasteiger partial charge in [-0.3, -0.25) is 4.79 Å². The number of nitrogens with zero attached hydrogens (tertiary/aromatic N) is 1. The average molecular weight is 322 g/mol. The zero-order chi connectivity index (χ0) is 15.1. The molecule has 1 unspecified atom stereocenters. The fourth-order valence-electron chi connectivity index (χ4n) is 1.37. The summed E-state index contributed by atoms with van der Waals surface area (Å²) in [6, 6.07) is 0.965. The Bertz CT molecular complexity index is 472. The maximum atomic E-state index is 11.8. The first-order valence-electron chi connectivity index (χ1n) is 5.85. The van der Waals surface area contributed by atoms with E-state index in [9.17, 15) is 4.79 Å². The summed E-state index contributed by atoms with van der Waals surface area (Å²) in [5.74, 6) is 5.67. The van der Waals surface area contributed by atoms with Crippen LogP contribution in [0.15, 0.2) is 6.07 Å². The number of carbonyl (C=O) groups is 1. The molecule has 0 saturated carbocycles. The van der Waals surface area contributed by atoms with Crippen molar-refractivity contribution < 1.29 is 9.53 Å². The third-order valence-corrected chi connectivity index (χ3v) is 2.99. The predicted octanol–water partition coefficient (Wildman–Crippen LogP) is 1.24. The zero-order valence-electron chi connectivity index (χ0n) is 11.2. The van der Waals surface area contributed by atoms with Crippen molar-refractivity contribution in [2.75, 3.05) is 31.0 Å². The predicted molar refractivity (Wildman–Crippen MR) is 80.0 cm³/mol. The standard InChI is InChI=1S/C11H17Cl2N5O2/c1-6(11(19)15-3-4-20-2)16-9-7(12)5-8(13)10(17-9)18-14/h5-6H,3-4,14H2,1-2H3,(H,15,19)(H2,16,17,18). The van der Waals surface area contributed by atoms with Crippen LogP contribution in [0.4, 0.5) is 11.6 Å². The normalized spacial score (nSPS) is 11.8. The van der Waals surface area contributed by atoms with E-state index in [0.29, 0.717) is 29.0 Å². The van der Waals surface area contributed by atoms with Gasteiger partial charge in [0, 0.05) is 13.7 Å². The van der Waals surface area contributed by atoms with E-state index in [2.05, 4.69) is 21.0 Å². The maximum Gasteiger partial charge on any atom is 0.242 e. The average Bonchev–Trinajstić information content (AvgIpc) is 2.41. The molecule has 0 radical (unpaired) electrons. The van der Waals surface area contributed by atoms with E-state index in [0.717, 1.165) is 0 Å². The first kappa shape index (κ1) is 16.8. The molecule has 0 fully saturated rings. The lowest BCUT2D eigenvalue weighted by atomic mass is 10.3. The molecule has 0 aliphatic heterocycles. The van der Waals surface area contributed by atoms with Crippen LogP contribution >= 0.6 is 23.2 Å². The van der Waals surface area contributed by atoms with Crippen LogP contribution in [0.25, 0.3) is 0 Å². The van der Waals surface area contributed by atoms with Crippen molar-refractivity contribution in [2.24, 2.45) is 5.84 Å². The number of carbonyl (C=O) groups excluding carboxylic acids is 1. The molecule has 112 valence electrons. The van der Waals surface area contributed by atoms with E-state index in [1.165, 1.54) is 6.07 Å². The second-order valence-corrected chi connectivity index (χ2v) is 4.76. The van der Waals surface area contributed by atoms with Gasteiger partial charge in [-0.2, -0.15) is 0 Å². The third-order valence-electron chi connectivity index (χ3n) is 2.42. The topological polar surface area (TPSA) is 101 Å². The molecule has 7 nitrogen and oxygen atoms in total. The van der Waals surface area contributed by atoms with E-state index in [-0.39, 0.29) is 11.7 Å². The summed E-state index contributed by atoms with van der Waals surface area (Å²) in [7, 11) is 1.56. The Morgan fingerprint density at radius 2 is 2.10 bits per heavy atom. The van der Waals surface area contributed by atoms with Crippen LogP contribution in [0.2, 0.25) is 10.0 Å². The number of nitrogen functional groups attached to an aromatic ring is 1. The number of hydrazine groups is 1. The third kappa shape index (κ3) is 4.68.